The molecule has 174 valence electrons. The van der Waals surface area contributed by atoms with Crippen LogP contribution in [0.4, 0.5) is 0 Å². The highest BCUT2D eigenvalue weighted by atomic mass is 35.5. The van der Waals surface area contributed by atoms with E-state index in [0.29, 0.717) is 27.7 Å². The van der Waals surface area contributed by atoms with Crippen molar-refractivity contribution < 1.29 is 19.3 Å². The molecule has 0 spiro atoms. The van der Waals surface area contributed by atoms with Crippen molar-refractivity contribution in [3.8, 4) is 5.75 Å². The van der Waals surface area contributed by atoms with E-state index in [-0.39, 0.29) is 17.9 Å². The average molecular weight is 481 g/mol. The molecule has 2 heterocycles. The summed E-state index contributed by atoms with van der Waals surface area (Å²) in [5.41, 5.74) is 2.07. The molecule has 1 atom stereocenters. The highest BCUT2D eigenvalue weighted by Crippen LogP contribution is 2.42. The molecule has 1 aromatic heterocycles. The number of carbonyl (C=O) groups is 1. The van der Waals surface area contributed by atoms with Crippen molar-refractivity contribution in [2.45, 2.75) is 26.4 Å². The number of carbonyl (C=O) groups excluding carboxylic acids is 1. The summed E-state index contributed by atoms with van der Waals surface area (Å²) in [6.07, 6.45) is 4.23. The van der Waals surface area contributed by atoms with Crippen LogP contribution in [-0.2, 0) is 11.4 Å². The van der Waals surface area contributed by atoms with Crippen molar-refractivity contribution in [3.05, 3.63) is 116 Å². The van der Waals surface area contributed by atoms with Crippen molar-refractivity contribution in [2.75, 3.05) is 0 Å². The second-order valence-corrected chi connectivity index (χ2v) is 8.05. The van der Waals surface area contributed by atoms with Gasteiger partial charge in [-0.15, -0.1) is 0 Å². The lowest BCUT2D eigenvalue weighted by Gasteiger charge is -2.27. The number of allylic oxidation sites excluding steroid dienone is 3. The first-order chi connectivity index (χ1) is 16.3. The molecule has 3 aromatic rings. The van der Waals surface area contributed by atoms with Gasteiger partial charge in [-0.05, 0) is 37.6 Å². The van der Waals surface area contributed by atoms with Gasteiger partial charge in [0.2, 0.25) is 0 Å². The van der Waals surface area contributed by atoms with E-state index in [0.717, 1.165) is 10.3 Å². The number of nitro groups is 1. The van der Waals surface area contributed by atoms with Crippen LogP contribution in [0.1, 0.15) is 30.9 Å². The van der Waals surface area contributed by atoms with Crippen LogP contribution in [0.5, 0.6) is 5.75 Å². The zero-order chi connectivity index (χ0) is 24.2. The maximum atomic E-state index is 13.2. The molecule has 4 rings (SSSR count). The summed E-state index contributed by atoms with van der Waals surface area (Å²) < 4.78 is 7.19. The van der Waals surface area contributed by atoms with E-state index in [1.54, 1.807) is 50.2 Å². The second-order valence-electron chi connectivity index (χ2n) is 7.62. The largest absolute Gasteiger partial charge is 0.489 e. The van der Waals surface area contributed by atoms with Gasteiger partial charge in [0.25, 0.3) is 5.70 Å². The minimum absolute atomic E-state index is 0.105. The van der Waals surface area contributed by atoms with E-state index in [2.05, 4.69) is 10.3 Å². The van der Waals surface area contributed by atoms with Gasteiger partial charge in [-0.2, -0.15) is 4.73 Å². The monoisotopic (exact) mass is 480 g/mol. The second kappa shape index (κ2) is 9.80. The zero-order valence-corrected chi connectivity index (χ0v) is 19.2. The number of rotatable bonds is 7. The predicted octanol–water partition coefficient (Wildman–Crippen LogP) is 4.24. The molecule has 0 radical (unpaired) electrons. The molecule has 0 aliphatic carbocycles. The van der Waals surface area contributed by atoms with Crippen LogP contribution in [0.3, 0.4) is 0 Å². The number of ether oxygens (including phenoxy) is 1. The molecule has 10 heteroatoms. The molecule has 1 unspecified atom stereocenters. The van der Waals surface area contributed by atoms with E-state index in [1.165, 1.54) is 18.7 Å². The van der Waals surface area contributed by atoms with Crippen molar-refractivity contribution in [3.63, 3.8) is 0 Å². The Morgan fingerprint density at radius 3 is 2.59 bits per heavy atom. The van der Waals surface area contributed by atoms with E-state index in [4.69, 9.17) is 21.2 Å². The summed E-state index contributed by atoms with van der Waals surface area (Å²) in [5.74, 6) is -1.35. The fourth-order valence-corrected chi connectivity index (χ4v) is 3.96. The average Bonchev–Trinajstić information content (AvgIpc) is 3.31. The lowest BCUT2D eigenvalue weighted by molar-refractivity contribution is -0.431. The number of imidazole rings is 1. The normalized spacial score (nSPS) is 15.7. The number of hydrogen-bond acceptors (Lipinski definition) is 7. The van der Waals surface area contributed by atoms with Gasteiger partial charge in [0.05, 0.1) is 22.4 Å². The Bertz CT molecular complexity index is 1280. The van der Waals surface area contributed by atoms with Gasteiger partial charge in [-0.3, -0.25) is 10.1 Å². The predicted molar refractivity (Wildman–Crippen MR) is 124 cm³/mol. The van der Waals surface area contributed by atoms with Gasteiger partial charge >= 0.3 is 5.97 Å². The van der Waals surface area contributed by atoms with Crippen molar-refractivity contribution in [1.82, 2.24) is 15.0 Å². The van der Waals surface area contributed by atoms with Crippen molar-refractivity contribution in [2.24, 2.45) is 0 Å². The molecule has 34 heavy (non-hydrogen) atoms. The Morgan fingerprint density at radius 1 is 1.18 bits per heavy atom. The van der Waals surface area contributed by atoms with Gasteiger partial charge in [0.1, 0.15) is 24.6 Å². The maximum absolute atomic E-state index is 13.2. The molecule has 2 aromatic carbocycles. The minimum atomic E-state index is -1.02. The lowest BCUT2D eigenvalue weighted by atomic mass is 9.83. The van der Waals surface area contributed by atoms with Gasteiger partial charge in [-0.1, -0.05) is 41.9 Å². The van der Waals surface area contributed by atoms with Crippen LogP contribution >= 0.6 is 11.6 Å². The van der Waals surface area contributed by atoms with Crippen LogP contribution in [0, 0.1) is 10.1 Å². The van der Waals surface area contributed by atoms with Gasteiger partial charge in [0.15, 0.2) is 0 Å². The molecule has 1 aliphatic rings. The number of hydrogen-bond donors (Lipinski definition) is 1. The molecule has 0 amide bonds. The first kappa shape index (κ1) is 23.1. The van der Waals surface area contributed by atoms with Crippen molar-refractivity contribution >= 4 is 17.6 Å². The molecule has 1 N–H and O–H groups in total. The fourth-order valence-electron chi connectivity index (χ4n) is 3.84. The van der Waals surface area contributed by atoms with Crippen LogP contribution in [0.15, 0.2) is 89.9 Å². The highest BCUT2D eigenvalue weighted by Gasteiger charge is 2.42. The maximum Gasteiger partial charge on any atom is 0.362 e. The fraction of sp³-hybridized carbons (Fsp3) is 0.167. The van der Waals surface area contributed by atoms with Gasteiger partial charge in [-0.25, -0.2) is 9.78 Å². The Kier molecular flexibility index (Phi) is 6.65. The number of nitrogens with zero attached hydrogens (tertiary/aromatic N) is 3. The standard InChI is InChI=1S/C24H21ClN4O5/c1-15-21(24(30)34-28-12-11-26-14-28)22(23(29(31)32)16(2)27-15)19-5-3-4-6-20(19)33-13-17-7-9-18(25)10-8-17/h3-12,14,22,27H,13H2,1-2H3. The number of halogens is 1. The summed E-state index contributed by atoms with van der Waals surface area (Å²) in [4.78, 5) is 34.1. The molecular weight excluding hydrogens is 460 g/mol. The van der Waals surface area contributed by atoms with Crippen LogP contribution in [-0.4, -0.2) is 20.6 Å². The summed E-state index contributed by atoms with van der Waals surface area (Å²) >= 11 is 5.95. The van der Waals surface area contributed by atoms with Crippen LogP contribution in [0.25, 0.3) is 0 Å². The molecule has 1 aliphatic heterocycles. The number of benzene rings is 2. The Morgan fingerprint density at radius 2 is 1.91 bits per heavy atom. The zero-order valence-electron chi connectivity index (χ0n) is 18.4. The Balaban J connectivity index is 1.74. The summed E-state index contributed by atoms with van der Waals surface area (Å²) in [6.45, 7) is 3.49. The molecule has 0 fully saturated rings. The summed E-state index contributed by atoms with van der Waals surface area (Å²) in [7, 11) is 0. The van der Waals surface area contributed by atoms with E-state index < -0.39 is 16.8 Å². The van der Waals surface area contributed by atoms with Gasteiger partial charge < -0.3 is 14.9 Å². The first-order valence-electron chi connectivity index (χ1n) is 10.3. The summed E-state index contributed by atoms with van der Waals surface area (Å²) in [6, 6.07) is 14.1. The van der Waals surface area contributed by atoms with Gasteiger partial charge in [0, 0.05) is 22.5 Å². The van der Waals surface area contributed by atoms with Crippen LogP contribution < -0.4 is 14.9 Å². The quantitative estimate of drug-likeness (QED) is 0.398. The Hall–Kier alpha value is -4.11. The number of dihydropyridines is 1. The molecule has 0 saturated heterocycles. The van der Waals surface area contributed by atoms with Crippen LogP contribution in [0.2, 0.25) is 5.02 Å². The number of nitrogens with one attached hydrogen (secondary N) is 1. The minimum Gasteiger partial charge on any atom is -0.489 e. The SMILES string of the molecule is CC1=C(C(=O)On2ccnc2)C(c2ccccc2OCc2ccc(Cl)cc2)C([N+](=O)[O-])=C(C)N1. The highest BCUT2D eigenvalue weighted by molar-refractivity contribution is 6.30. The number of para-hydroxylation sites is 1. The molecule has 0 bridgehead atoms. The van der Waals surface area contributed by atoms with E-state index in [1.807, 2.05) is 12.1 Å². The molecular formula is C24H21ClN4O5. The molecule has 9 nitrogen and oxygen atoms in total. The number of aromatic nitrogens is 2. The lowest BCUT2D eigenvalue weighted by Crippen LogP contribution is -2.34. The van der Waals surface area contributed by atoms with Crippen molar-refractivity contribution in [1.29, 1.82) is 0 Å². The smallest absolute Gasteiger partial charge is 0.362 e. The molecule has 0 saturated carbocycles. The third-order valence-electron chi connectivity index (χ3n) is 5.35. The van der Waals surface area contributed by atoms with E-state index >= 15 is 0 Å². The topological polar surface area (TPSA) is 109 Å². The Labute approximate surface area is 200 Å². The third-order valence-corrected chi connectivity index (χ3v) is 5.60. The summed E-state index contributed by atoms with van der Waals surface area (Å²) in [5, 5.41) is 15.7. The first-order valence-corrected chi connectivity index (χ1v) is 10.7. The van der Waals surface area contributed by atoms with E-state index in [9.17, 15) is 14.9 Å². The third kappa shape index (κ3) is 4.79.